The Bertz CT molecular complexity index is 270. The summed E-state index contributed by atoms with van der Waals surface area (Å²) in [6, 6.07) is 0. The molecule has 0 spiro atoms. The molecule has 0 aromatic rings. The van der Waals surface area contributed by atoms with Crippen molar-refractivity contribution in [2.75, 3.05) is 0 Å². The second-order valence-corrected chi connectivity index (χ2v) is 30.0. The summed E-state index contributed by atoms with van der Waals surface area (Å²) in [7, 11) is -10.1. The first kappa shape index (κ1) is 22.1. The first-order chi connectivity index (χ1) is 8.83. The predicted octanol–water partition coefficient (Wildman–Crippen LogP) is 6.07. The minimum Gasteiger partial charge on any atom is -0.343 e. The van der Waals surface area contributed by atoms with Crippen LogP contribution in [0.3, 0.4) is 0 Å². The Labute approximate surface area is 137 Å². The van der Waals surface area contributed by atoms with Crippen molar-refractivity contribution < 1.29 is 16.9 Å². The maximum absolute atomic E-state index is 6.44. The Morgan fingerprint density at radius 2 is 0.524 bits per heavy atom. The third kappa shape index (κ3) is 12.3. The van der Waals surface area contributed by atoms with E-state index < -0.39 is 41.4 Å². The smallest absolute Gasteiger partial charge is 0.339 e. The summed E-state index contributed by atoms with van der Waals surface area (Å²) in [6.45, 7) is 26.0. The SMILES string of the molecule is C[Si](C)(C)O[P](O[Si](C)(C)C)(O[Si](C)(C)C)O[Si](C)(C)C. The molecule has 0 aliphatic heterocycles. The molecule has 0 aliphatic carbocycles. The van der Waals surface area contributed by atoms with E-state index in [0.717, 1.165) is 0 Å². The maximum atomic E-state index is 6.44. The average molecular weight is 388 g/mol. The third-order valence-electron chi connectivity index (χ3n) is 1.54. The minimum absolute atomic E-state index is 1.85. The highest BCUT2D eigenvalue weighted by atomic mass is 31.2. The topological polar surface area (TPSA) is 36.9 Å². The highest BCUT2D eigenvalue weighted by molar-refractivity contribution is 7.62. The second-order valence-electron chi connectivity index (χ2n) is 9.26. The van der Waals surface area contributed by atoms with Crippen molar-refractivity contribution in [3.8, 4) is 0 Å². The van der Waals surface area contributed by atoms with Crippen LogP contribution in [0.4, 0.5) is 0 Å². The molecule has 129 valence electrons. The van der Waals surface area contributed by atoms with Crippen molar-refractivity contribution in [1.82, 2.24) is 0 Å². The zero-order valence-electron chi connectivity index (χ0n) is 16.1. The van der Waals surface area contributed by atoms with Crippen LogP contribution >= 0.6 is 8.17 Å². The molecule has 0 atom stereocenters. The van der Waals surface area contributed by atoms with Crippen molar-refractivity contribution in [2.45, 2.75) is 78.6 Å². The molecule has 0 amide bonds. The lowest BCUT2D eigenvalue weighted by molar-refractivity contribution is 0.255. The minimum atomic E-state index is -2.74. The summed E-state index contributed by atoms with van der Waals surface area (Å²) in [5, 5.41) is 0. The summed E-state index contributed by atoms with van der Waals surface area (Å²) in [6.07, 6.45) is 0. The Kier molecular flexibility index (Phi) is 7.32. The van der Waals surface area contributed by atoms with Crippen molar-refractivity contribution >= 4 is 41.4 Å². The normalized spacial score (nSPS) is 15.4. The van der Waals surface area contributed by atoms with Gasteiger partial charge in [0, 0.05) is 0 Å². The summed E-state index contributed by atoms with van der Waals surface area (Å²) >= 11 is 0. The second kappa shape index (κ2) is 6.94. The summed E-state index contributed by atoms with van der Waals surface area (Å²) in [5.41, 5.74) is 0. The molecule has 1 radical (unpaired) electrons. The van der Waals surface area contributed by atoms with Crippen LogP contribution in [-0.4, -0.2) is 33.3 Å². The predicted molar refractivity (Wildman–Crippen MR) is 105 cm³/mol. The van der Waals surface area contributed by atoms with Crippen LogP contribution in [0.1, 0.15) is 0 Å². The zero-order valence-corrected chi connectivity index (χ0v) is 21.0. The van der Waals surface area contributed by atoms with E-state index in [1.54, 1.807) is 0 Å². The fourth-order valence-corrected chi connectivity index (χ4v) is 15.1. The van der Waals surface area contributed by atoms with E-state index >= 15 is 0 Å². The van der Waals surface area contributed by atoms with E-state index in [1.165, 1.54) is 0 Å². The van der Waals surface area contributed by atoms with Crippen LogP contribution in [0.25, 0.3) is 0 Å². The molecule has 0 fully saturated rings. The Hall–Kier alpha value is 1.14. The molecule has 0 saturated heterocycles. The van der Waals surface area contributed by atoms with Gasteiger partial charge in [0.2, 0.25) is 0 Å². The van der Waals surface area contributed by atoms with Crippen molar-refractivity contribution in [3.05, 3.63) is 0 Å². The highest BCUT2D eigenvalue weighted by Gasteiger charge is 2.48. The molecule has 0 aromatic heterocycles. The van der Waals surface area contributed by atoms with E-state index in [4.69, 9.17) is 16.9 Å². The molecule has 0 saturated carbocycles. The molecule has 0 unspecified atom stereocenters. The van der Waals surface area contributed by atoms with Crippen LogP contribution in [0, 0.1) is 0 Å². The molecule has 4 nitrogen and oxygen atoms in total. The van der Waals surface area contributed by atoms with Gasteiger partial charge in [0.05, 0.1) is 0 Å². The van der Waals surface area contributed by atoms with Gasteiger partial charge in [-0.15, -0.1) is 0 Å². The van der Waals surface area contributed by atoms with E-state index in [0.29, 0.717) is 0 Å². The summed E-state index contributed by atoms with van der Waals surface area (Å²) in [4.78, 5) is 0. The van der Waals surface area contributed by atoms with E-state index in [1.807, 2.05) is 0 Å². The van der Waals surface area contributed by atoms with Gasteiger partial charge in [-0.25, -0.2) is 0 Å². The third-order valence-corrected chi connectivity index (χ3v) is 13.9. The van der Waals surface area contributed by atoms with Gasteiger partial charge in [0.1, 0.15) is 0 Å². The molecule has 0 rings (SSSR count). The summed E-state index contributed by atoms with van der Waals surface area (Å²) < 4.78 is 25.8. The fourth-order valence-electron chi connectivity index (χ4n) is 1.45. The number of hydrogen-bond acceptors (Lipinski definition) is 4. The molecule has 0 heterocycles. The van der Waals surface area contributed by atoms with E-state index in [9.17, 15) is 0 Å². The average Bonchev–Trinajstić information content (AvgIpc) is 1.83. The van der Waals surface area contributed by atoms with Gasteiger partial charge >= 0.3 is 8.17 Å². The number of hydrogen-bond donors (Lipinski definition) is 0. The van der Waals surface area contributed by atoms with Gasteiger partial charge in [-0.05, 0) is 78.6 Å². The van der Waals surface area contributed by atoms with Crippen LogP contribution < -0.4 is 0 Å². The van der Waals surface area contributed by atoms with Gasteiger partial charge in [0.25, 0.3) is 0 Å². The first-order valence-electron chi connectivity index (χ1n) is 7.55. The molecule has 0 aliphatic rings. The van der Waals surface area contributed by atoms with Crippen molar-refractivity contribution in [2.24, 2.45) is 0 Å². The van der Waals surface area contributed by atoms with Gasteiger partial charge in [-0.2, -0.15) is 0 Å². The van der Waals surface area contributed by atoms with Gasteiger partial charge in [0.15, 0.2) is 33.3 Å². The molecule has 21 heavy (non-hydrogen) atoms. The molecule has 0 aromatic carbocycles. The Morgan fingerprint density at radius 3 is 0.619 bits per heavy atom. The molecular weight excluding hydrogens is 351 g/mol. The van der Waals surface area contributed by atoms with E-state index in [2.05, 4.69) is 78.6 Å². The largest absolute Gasteiger partial charge is 0.343 e. The van der Waals surface area contributed by atoms with Crippen LogP contribution in [0.5, 0.6) is 0 Å². The monoisotopic (exact) mass is 387 g/mol. The summed E-state index contributed by atoms with van der Waals surface area (Å²) in [5.74, 6) is 0. The number of rotatable bonds is 8. The quantitative estimate of drug-likeness (QED) is 0.374. The van der Waals surface area contributed by atoms with E-state index in [-0.39, 0.29) is 0 Å². The van der Waals surface area contributed by atoms with Crippen LogP contribution in [0.2, 0.25) is 78.6 Å². The van der Waals surface area contributed by atoms with Gasteiger partial charge in [-0.1, -0.05) is 0 Å². The first-order valence-corrected chi connectivity index (χ1v) is 22.6. The molecule has 9 heteroatoms. The van der Waals surface area contributed by atoms with Gasteiger partial charge in [-0.3, -0.25) is 0 Å². The highest BCUT2D eigenvalue weighted by Crippen LogP contribution is 2.69. The molecular formula is C12H36O4PSi4. The van der Waals surface area contributed by atoms with Crippen LogP contribution in [-0.2, 0) is 16.9 Å². The van der Waals surface area contributed by atoms with Crippen LogP contribution in [0.15, 0.2) is 0 Å². The lowest BCUT2D eigenvalue weighted by Gasteiger charge is -2.47. The Morgan fingerprint density at radius 1 is 0.381 bits per heavy atom. The lowest BCUT2D eigenvalue weighted by atomic mass is 11.8. The Balaban J connectivity index is 5.70. The molecule has 0 bridgehead atoms. The fraction of sp³-hybridized carbons (Fsp3) is 1.00. The standard InChI is InChI=1S/C12H36O4PSi4/c1-18(2,3)13-17(14-19(4,5)6,15-20(7,8)9)16-21(10,11)12/h1-12H3. The molecule has 0 N–H and O–H groups in total. The van der Waals surface area contributed by atoms with Crippen molar-refractivity contribution in [1.29, 1.82) is 0 Å². The maximum Gasteiger partial charge on any atom is 0.339 e. The zero-order chi connectivity index (χ0) is 17.3. The van der Waals surface area contributed by atoms with Gasteiger partial charge < -0.3 is 16.9 Å². The lowest BCUT2D eigenvalue weighted by Crippen LogP contribution is -2.41. The van der Waals surface area contributed by atoms with Crippen molar-refractivity contribution in [3.63, 3.8) is 0 Å².